The zero-order chi connectivity index (χ0) is 19.1. The number of benzene rings is 1. The van der Waals surface area contributed by atoms with Crippen LogP contribution >= 0.6 is 0 Å². The Morgan fingerprint density at radius 1 is 1.15 bits per heavy atom. The van der Waals surface area contributed by atoms with E-state index in [0.717, 1.165) is 32.4 Å². The summed E-state index contributed by atoms with van der Waals surface area (Å²) in [6.07, 6.45) is 2.37. The predicted molar refractivity (Wildman–Crippen MR) is 98.4 cm³/mol. The van der Waals surface area contributed by atoms with Crippen LogP contribution in [0.5, 0.6) is 0 Å². The van der Waals surface area contributed by atoms with Crippen LogP contribution in [-0.2, 0) is 10.4 Å². The maximum atomic E-state index is 13.9. The molecule has 2 saturated heterocycles. The van der Waals surface area contributed by atoms with Gasteiger partial charge in [-0.1, -0.05) is 30.3 Å². The molecule has 27 heavy (non-hydrogen) atoms. The molecule has 0 radical (unpaired) electrons. The normalized spacial score (nSPS) is 29.0. The summed E-state index contributed by atoms with van der Waals surface area (Å²) < 4.78 is 27.8. The molecule has 1 spiro atoms. The van der Waals surface area contributed by atoms with E-state index in [2.05, 4.69) is 5.32 Å². The molecule has 2 N–H and O–H groups in total. The Morgan fingerprint density at radius 2 is 1.85 bits per heavy atom. The second-order valence-corrected chi connectivity index (χ2v) is 8.65. The highest BCUT2D eigenvalue weighted by Crippen LogP contribution is 2.48. The Hall–Kier alpha value is -1.53. The van der Waals surface area contributed by atoms with Crippen molar-refractivity contribution in [2.24, 2.45) is 11.3 Å². The number of aliphatic hydroxyl groups is 1. The van der Waals surface area contributed by atoms with Crippen LogP contribution in [0.3, 0.4) is 0 Å². The number of amides is 1. The third-order valence-corrected chi connectivity index (χ3v) is 6.98. The van der Waals surface area contributed by atoms with E-state index in [9.17, 15) is 18.7 Å². The Labute approximate surface area is 158 Å². The highest BCUT2D eigenvalue weighted by molar-refractivity contribution is 5.87. The van der Waals surface area contributed by atoms with Gasteiger partial charge in [-0.15, -0.1) is 0 Å². The van der Waals surface area contributed by atoms with Gasteiger partial charge in [-0.3, -0.25) is 4.79 Å². The number of nitrogens with zero attached hydrogens (tertiary/aromatic N) is 1. The van der Waals surface area contributed by atoms with Crippen molar-refractivity contribution >= 4 is 5.91 Å². The molecule has 6 heteroatoms. The van der Waals surface area contributed by atoms with Crippen molar-refractivity contribution < 1.29 is 18.7 Å². The summed E-state index contributed by atoms with van der Waals surface area (Å²) in [5.41, 5.74) is -1.19. The van der Waals surface area contributed by atoms with Crippen molar-refractivity contribution in [3.05, 3.63) is 35.9 Å². The summed E-state index contributed by atoms with van der Waals surface area (Å²) in [7, 11) is 0. The van der Waals surface area contributed by atoms with E-state index >= 15 is 0 Å². The minimum absolute atomic E-state index is 0.159. The number of halogens is 2. The maximum Gasteiger partial charge on any atom is 0.259 e. The van der Waals surface area contributed by atoms with E-state index in [1.165, 1.54) is 0 Å². The first kappa shape index (κ1) is 18.8. The van der Waals surface area contributed by atoms with Gasteiger partial charge in [0.05, 0.1) is 0 Å². The Bertz CT molecular complexity index is 681. The molecule has 2 heterocycles. The fourth-order valence-electron chi connectivity index (χ4n) is 5.18. The number of hydrogen-bond acceptors (Lipinski definition) is 3. The van der Waals surface area contributed by atoms with Crippen molar-refractivity contribution in [3.8, 4) is 0 Å². The Balaban J connectivity index is 1.58. The third-order valence-electron chi connectivity index (χ3n) is 6.98. The van der Waals surface area contributed by atoms with Crippen molar-refractivity contribution in [3.63, 3.8) is 0 Å². The van der Waals surface area contributed by atoms with Gasteiger partial charge < -0.3 is 15.3 Å². The SMILES string of the molecule is O=C(N1CCC2(CCNC2)CC1)[C@](O)(c1ccccc1)[C@@H]1CCC(F)(F)C1. The van der Waals surface area contributed by atoms with E-state index in [1.807, 2.05) is 0 Å². The molecule has 0 aromatic heterocycles. The van der Waals surface area contributed by atoms with Gasteiger partial charge in [-0.2, -0.15) is 0 Å². The van der Waals surface area contributed by atoms with Crippen LogP contribution in [0.15, 0.2) is 30.3 Å². The molecule has 1 aromatic rings. The average Bonchev–Trinajstić information content (AvgIpc) is 3.28. The first-order chi connectivity index (χ1) is 12.8. The molecule has 3 fully saturated rings. The van der Waals surface area contributed by atoms with E-state index in [0.29, 0.717) is 18.7 Å². The second-order valence-electron chi connectivity index (χ2n) is 8.65. The van der Waals surface area contributed by atoms with E-state index in [4.69, 9.17) is 0 Å². The molecular weight excluding hydrogens is 350 g/mol. The second kappa shape index (κ2) is 6.82. The largest absolute Gasteiger partial charge is 0.375 e. The smallest absolute Gasteiger partial charge is 0.259 e. The fraction of sp³-hybridized carbons (Fsp3) is 0.667. The molecule has 3 aliphatic rings. The number of rotatable bonds is 3. The standard InChI is InChI=1S/C21H28F2N2O2/c22-20(23)7-6-17(14-20)21(27,16-4-2-1-3-5-16)18(26)25-12-9-19(10-13-25)8-11-24-15-19/h1-5,17,24,27H,6-15H2/t17-,21+/m1/s1. The molecule has 2 aliphatic heterocycles. The zero-order valence-corrected chi connectivity index (χ0v) is 15.6. The van der Waals surface area contributed by atoms with Crippen molar-refractivity contribution in [1.29, 1.82) is 0 Å². The lowest BCUT2D eigenvalue weighted by Crippen LogP contribution is -2.54. The molecular formula is C21H28F2N2O2. The first-order valence-electron chi connectivity index (χ1n) is 10.0. The van der Waals surface area contributed by atoms with Crippen LogP contribution < -0.4 is 5.32 Å². The summed E-state index contributed by atoms with van der Waals surface area (Å²) in [5.74, 6) is -3.97. The lowest BCUT2D eigenvalue weighted by molar-refractivity contribution is -0.162. The lowest BCUT2D eigenvalue weighted by atomic mass is 9.75. The quantitative estimate of drug-likeness (QED) is 0.850. The van der Waals surface area contributed by atoms with Gasteiger partial charge in [-0.05, 0) is 43.2 Å². The van der Waals surface area contributed by atoms with E-state index in [-0.39, 0.29) is 18.3 Å². The van der Waals surface area contributed by atoms with Gasteiger partial charge in [-0.25, -0.2) is 8.78 Å². The molecule has 1 aromatic carbocycles. The van der Waals surface area contributed by atoms with Crippen LogP contribution in [0, 0.1) is 11.3 Å². The van der Waals surface area contributed by atoms with Gasteiger partial charge in [0.25, 0.3) is 5.91 Å². The number of piperidine rings is 1. The van der Waals surface area contributed by atoms with Crippen LogP contribution in [0.25, 0.3) is 0 Å². The van der Waals surface area contributed by atoms with E-state index < -0.39 is 29.8 Å². The van der Waals surface area contributed by atoms with Gasteiger partial charge >= 0.3 is 0 Å². The topological polar surface area (TPSA) is 52.6 Å². The average molecular weight is 378 g/mol. The number of nitrogens with one attached hydrogen (secondary N) is 1. The summed E-state index contributed by atoms with van der Waals surface area (Å²) in [5, 5.41) is 15.0. The molecule has 4 nitrogen and oxygen atoms in total. The number of carbonyl (C=O) groups excluding carboxylic acids is 1. The van der Waals surface area contributed by atoms with Crippen LogP contribution in [0.2, 0.25) is 0 Å². The molecule has 148 valence electrons. The van der Waals surface area contributed by atoms with Crippen LogP contribution in [0.1, 0.15) is 44.1 Å². The Morgan fingerprint density at radius 3 is 2.41 bits per heavy atom. The molecule has 0 bridgehead atoms. The number of alkyl halides is 2. The van der Waals surface area contributed by atoms with Gasteiger partial charge in [0, 0.05) is 38.4 Å². The monoisotopic (exact) mass is 378 g/mol. The fourth-order valence-corrected chi connectivity index (χ4v) is 5.18. The molecule has 2 atom stereocenters. The number of carbonyl (C=O) groups is 1. The summed E-state index contributed by atoms with van der Waals surface area (Å²) >= 11 is 0. The van der Waals surface area contributed by atoms with Gasteiger partial charge in [0.2, 0.25) is 5.92 Å². The maximum absolute atomic E-state index is 13.9. The number of likely N-dealkylation sites (tertiary alicyclic amines) is 1. The van der Waals surface area contributed by atoms with Crippen LogP contribution in [0.4, 0.5) is 8.78 Å². The minimum atomic E-state index is -2.81. The Kier molecular flexibility index (Phi) is 4.75. The summed E-state index contributed by atoms with van der Waals surface area (Å²) in [6, 6.07) is 8.66. The molecule has 1 saturated carbocycles. The summed E-state index contributed by atoms with van der Waals surface area (Å²) in [4.78, 5) is 15.1. The molecule has 0 unspecified atom stereocenters. The van der Waals surface area contributed by atoms with Crippen LogP contribution in [-0.4, -0.2) is 48.0 Å². The van der Waals surface area contributed by atoms with Crippen molar-refractivity contribution in [1.82, 2.24) is 10.2 Å². The molecule has 1 aliphatic carbocycles. The lowest BCUT2D eigenvalue weighted by Gasteiger charge is -2.43. The van der Waals surface area contributed by atoms with Crippen molar-refractivity contribution in [2.75, 3.05) is 26.2 Å². The highest BCUT2D eigenvalue weighted by atomic mass is 19.3. The molecule has 1 amide bonds. The first-order valence-corrected chi connectivity index (χ1v) is 10.0. The van der Waals surface area contributed by atoms with Gasteiger partial charge in [0.15, 0.2) is 5.60 Å². The molecule has 4 rings (SSSR count). The zero-order valence-electron chi connectivity index (χ0n) is 15.6. The highest BCUT2D eigenvalue weighted by Gasteiger charge is 2.55. The minimum Gasteiger partial charge on any atom is -0.375 e. The third kappa shape index (κ3) is 3.38. The van der Waals surface area contributed by atoms with Crippen molar-refractivity contribution in [2.45, 2.75) is 50.0 Å². The van der Waals surface area contributed by atoms with E-state index in [1.54, 1.807) is 35.2 Å². The van der Waals surface area contributed by atoms with Gasteiger partial charge in [0.1, 0.15) is 0 Å². The number of hydrogen-bond donors (Lipinski definition) is 2. The summed E-state index contributed by atoms with van der Waals surface area (Å²) in [6.45, 7) is 3.16. The predicted octanol–water partition coefficient (Wildman–Crippen LogP) is 2.91.